The van der Waals surface area contributed by atoms with E-state index in [0.29, 0.717) is 5.92 Å². The second-order valence-electron chi connectivity index (χ2n) is 6.43. The van der Waals surface area contributed by atoms with Gasteiger partial charge in [0, 0.05) is 13.1 Å². The summed E-state index contributed by atoms with van der Waals surface area (Å²) in [5, 5.41) is 3.20. The maximum Gasteiger partial charge on any atom is 0.232 e. The predicted octanol–water partition coefficient (Wildman–Crippen LogP) is 2.56. The van der Waals surface area contributed by atoms with E-state index in [1.807, 2.05) is 25.8 Å². The van der Waals surface area contributed by atoms with Crippen LogP contribution in [0, 0.1) is 11.7 Å². The van der Waals surface area contributed by atoms with Crippen molar-refractivity contribution in [3.63, 3.8) is 0 Å². The van der Waals surface area contributed by atoms with Gasteiger partial charge in [-0.25, -0.2) is 4.39 Å². The van der Waals surface area contributed by atoms with Crippen LogP contribution < -0.4 is 5.32 Å². The van der Waals surface area contributed by atoms with Crippen LogP contribution in [0.15, 0.2) is 24.3 Å². The summed E-state index contributed by atoms with van der Waals surface area (Å²) in [5.74, 6) is 0.528. The van der Waals surface area contributed by atoms with Gasteiger partial charge in [-0.05, 0) is 63.9 Å². The Morgan fingerprint density at radius 1 is 1.29 bits per heavy atom. The van der Waals surface area contributed by atoms with Gasteiger partial charge in [-0.1, -0.05) is 12.1 Å². The Morgan fingerprint density at radius 2 is 1.86 bits per heavy atom. The van der Waals surface area contributed by atoms with Gasteiger partial charge >= 0.3 is 0 Å². The van der Waals surface area contributed by atoms with Gasteiger partial charge in [-0.2, -0.15) is 0 Å². The second-order valence-corrected chi connectivity index (χ2v) is 6.43. The van der Waals surface area contributed by atoms with Crippen LogP contribution in [0.25, 0.3) is 0 Å². The van der Waals surface area contributed by atoms with Gasteiger partial charge in [0.2, 0.25) is 5.91 Å². The van der Waals surface area contributed by atoms with Crippen molar-refractivity contribution in [2.24, 2.45) is 5.92 Å². The average Bonchev–Trinajstić information content (AvgIpc) is 2.48. The molecule has 1 saturated heterocycles. The van der Waals surface area contributed by atoms with Crippen molar-refractivity contribution in [2.75, 3.05) is 26.7 Å². The van der Waals surface area contributed by atoms with Crippen molar-refractivity contribution in [2.45, 2.75) is 32.1 Å². The number of hydrogen-bond acceptors (Lipinski definition) is 2. The van der Waals surface area contributed by atoms with E-state index in [1.54, 1.807) is 12.1 Å². The van der Waals surface area contributed by atoms with Crippen LogP contribution in [0.2, 0.25) is 0 Å². The molecule has 0 aromatic heterocycles. The van der Waals surface area contributed by atoms with E-state index in [4.69, 9.17) is 0 Å². The van der Waals surface area contributed by atoms with Gasteiger partial charge in [0.25, 0.3) is 0 Å². The minimum atomic E-state index is -0.608. The highest BCUT2D eigenvalue weighted by molar-refractivity contribution is 5.87. The van der Waals surface area contributed by atoms with E-state index in [2.05, 4.69) is 5.32 Å². The topological polar surface area (TPSA) is 32.3 Å². The van der Waals surface area contributed by atoms with Crippen LogP contribution in [-0.4, -0.2) is 37.5 Å². The Morgan fingerprint density at radius 3 is 2.38 bits per heavy atom. The molecule has 1 aliphatic heterocycles. The molecule has 0 bridgehead atoms. The molecule has 0 radical (unpaired) electrons. The lowest BCUT2D eigenvalue weighted by molar-refractivity contribution is -0.137. The third-order valence-electron chi connectivity index (χ3n) is 4.50. The summed E-state index contributed by atoms with van der Waals surface area (Å²) in [6.45, 7) is 6.49. The van der Waals surface area contributed by atoms with Crippen molar-refractivity contribution >= 4 is 5.91 Å². The zero-order chi connectivity index (χ0) is 15.5. The van der Waals surface area contributed by atoms with Crippen LogP contribution in [0.5, 0.6) is 0 Å². The predicted molar refractivity (Wildman–Crippen MR) is 82.7 cm³/mol. The van der Waals surface area contributed by atoms with Crippen molar-refractivity contribution in [3.05, 3.63) is 35.6 Å². The molecule has 2 rings (SSSR count). The first kappa shape index (κ1) is 16.0. The minimum Gasteiger partial charge on any atom is -0.342 e. The third kappa shape index (κ3) is 3.62. The molecule has 1 fully saturated rings. The molecule has 1 aromatic carbocycles. The molecule has 3 nitrogen and oxygen atoms in total. The number of nitrogens with zero attached hydrogens (tertiary/aromatic N) is 1. The highest BCUT2D eigenvalue weighted by atomic mass is 19.1. The van der Waals surface area contributed by atoms with Crippen LogP contribution in [0.4, 0.5) is 4.39 Å². The van der Waals surface area contributed by atoms with E-state index in [9.17, 15) is 9.18 Å². The molecule has 1 aliphatic rings. The first-order valence-electron chi connectivity index (χ1n) is 7.65. The third-order valence-corrected chi connectivity index (χ3v) is 4.50. The number of benzene rings is 1. The highest BCUT2D eigenvalue weighted by Crippen LogP contribution is 2.28. The number of piperidine rings is 1. The van der Waals surface area contributed by atoms with Gasteiger partial charge in [-0.3, -0.25) is 4.79 Å². The smallest absolute Gasteiger partial charge is 0.232 e. The number of carbonyl (C=O) groups excluding carboxylic acids is 1. The van der Waals surface area contributed by atoms with Crippen LogP contribution >= 0.6 is 0 Å². The fraction of sp³-hybridized carbons (Fsp3) is 0.588. The Labute approximate surface area is 126 Å². The van der Waals surface area contributed by atoms with Gasteiger partial charge < -0.3 is 10.2 Å². The molecule has 0 unspecified atom stereocenters. The molecule has 21 heavy (non-hydrogen) atoms. The summed E-state index contributed by atoms with van der Waals surface area (Å²) in [7, 11) is 1.97. The monoisotopic (exact) mass is 292 g/mol. The van der Waals surface area contributed by atoms with Gasteiger partial charge in [-0.15, -0.1) is 0 Å². The lowest BCUT2D eigenvalue weighted by Crippen LogP contribution is -2.47. The Hall–Kier alpha value is -1.42. The summed E-state index contributed by atoms with van der Waals surface area (Å²) >= 11 is 0. The molecule has 0 atom stereocenters. The zero-order valence-corrected chi connectivity index (χ0v) is 13.2. The molecule has 1 amide bonds. The molecule has 0 aliphatic carbocycles. The van der Waals surface area contributed by atoms with E-state index in [1.165, 1.54) is 12.1 Å². The molecule has 1 heterocycles. The molecular formula is C17H25FN2O. The van der Waals surface area contributed by atoms with E-state index in [-0.39, 0.29) is 11.7 Å². The molecule has 4 heteroatoms. The molecule has 1 N–H and O–H groups in total. The fourth-order valence-electron chi connectivity index (χ4n) is 3.01. The van der Waals surface area contributed by atoms with Crippen LogP contribution in [-0.2, 0) is 10.2 Å². The minimum absolute atomic E-state index is 0.136. The number of carbonyl (C=O) groups is 1. The quantitative estimate of drug-likeness (QED) is 0.925. The van der Waals surface area contributed by atoms with Gasteiger partial charge in [0.15, 0.2) is 0 Å². The molecule has 0 spiro atoms. The number of likely N-dealkylation sites (tertiary alicyclic amines) is 1. The number of amides is 1. The summed E-state index contributed by atoms with van der Waals surface area (Å²) < 4.78 is 13.0. The largest absolute Gasteiger partial charge is 0.342 e. The van der Waals surface area contributed by atoms with Crippen molar-refractivity contribution < 1.29 is 9.18 Å². The summed E-state index contributed by atoms with van der Waals surface area (Å²) in [5.41, 5.74) is 0.259. The van der Waals surface area contributed by atoms with Crippen molar-refractivity contribution in [1.29, 1.82) is 0 Å². The second kappa shape index (κ2) is 6.56. The van der Waals surface area contributed by atoms with E-state index in [0.717, 1.165) is 38.0 Å². The SMILES string of the molecule is CNCC1CCN(C(=O)C(C)(C)c2ccc(F)cc2)CC1. The highest BCUT2D eigenvalue weighted by Gasteiger charge is 2.35. The Bertz CT molecular complexity index is 476. The zero-order valence-electron chi connectivity index (χ0n) is 13.2. The van der Waals surface area contributed by atoms with Crippen LogP contribution in [0.1, 0.15) is 32.3 Å². The molecular weight excluding hydrogens is 267 g/mol. The first-order chi connectivity index (χ1) is 9.95. The maximum absolute atomic E-state index is 13.0. The summed E-state index contributed by atoms with van der Waals surface area (Å²) in [6, 6.07) is 6.26. The fourth-order valence-corrected chi connectivity index (χ4v) is 3.01. The van der Waals surface area contributed by atoms with Crippen molar-refractivity contribution in [1.82, 2.24) is 10.2 Å². The van der Waals surface area contributed by atoms with Crippen LogP contribution in [0.3, 0.4) is 0 Å². The Kier molecular flexibility index (Phi) is 4.99. The van der Waals surface area contributed by atoms with Gasteiger partial charge in [0.05, 0.1) is 5.41 Å². The average molecular weight is 292 g/mol. The Balaban J connectivity index is 2.03. The van der Waals surface area contributed by atoms with Gasteiger partial charge in [0.1, 0.15) is 5.82 Å². The molecule has 116 valence electrons. The summed E-state index contributed by atoms with van der Waals surface area (Å²) in [6.07, 6.45) is 2.10. The normalized spacial score (nSPS) is 17.0. The van der Waals surface area contributed by atoms with E-state index < -0.39 is 5.41 Å². The standard InChI is InChI=1S/C17H25FN2O/c1-17(2,14-4-6-15(18)7-5-14)16(21)20-10-8-13(9-11-20)12-19-3/h4-7,13,19H,8-12H2,1-3H3. The maximum atomic E-state index is 13.0. The summed E-state index contributed by atoms with van der Waals surface area (Å²) in [4.78, 5) is 14.7. The van der Waals surface area contributed by atoms with Crippen molar-refractivity contribution in [3.8, 4) is 0 Å². The lowest BCUT2D eigenvalue weighted by atomic mass is 9.82. The first-order valence-corrected chi connectivity index (χ1v) is 7.65. The number of halogens is 1. The van der Waals surface area contributed by atoms with E-state index >= 15 is 0 Å². The number of rotatable bonds is 4. The lowest BCUT2D eigenvalue weighted by Gasteiger charge is -2.37. The molecule has 1 aromatic rings. The molecule has 0 saturated carbocycles. The number of hydrogen-bond donors (Lipinski definition) is 1. The number of nitrogens with one attached hydrogen (secondary N) is 1.